The maximum Gasteiger partial charge on any atom is 0.573 e. The van der Waals surface area contributed by atoms with Crippen molar-refractivity contribution in [3.05, 3.63) is 53.7 Å². The third kappa shape index (κ3) is 4.61. The molecule has 0 radical (unpaired) electrons. The quantitative estimate of drug-likeness (QED) is 0.838. The zero-order chi connectivity index (χ0) is 17.7. The van der Waals surface area contributed by atoms with Gasteiger partial charge in [0.05, 0.1) is 7.11 Å². The predicted molar refractivity (Wildman–Crippen MR) is 79.7 cm³/mol. The summed E-state index contributed by atoms with van der Waals surface area (Å²) in [6.07, 6.45) is -3.22. The SMILES string of the molecule is COc1ncccc1C(=O)N(C)Cc1ccc(OC(F)(F)F)cc1. The monoisotopic (exact) mass is 340 g/mol. The Labute approximate surface area is 136 Å². The number of benzene rings is 1. The molecule has 2 rings (SSSR count). The Morgan fingerprint density at radius 1 is 1.21 bits per heavy atom. The number of pyridine rings is 1. The van der Waals surface area contributed by atoms with E-state index < -0.39 is 6.36 Å². The van der Waals surface area contributed by atoms with E-state index in [-0.39, 0.29) is 24.1 Å². The lowest BCUT2D eigenvalue weighted by atomic mass is 10.2. The van der Waals surface area contributed by atoms with Crippen LogP contribution in [0.5, 0.6) is 11.6 Å². The largest absolute Gasteiger partial charge is 0.573 e. The van der Waals surface area contributed by atoms with E-state index in [1.54, 1.807) is 19.2 Å². The van der Waals surface area contributed by atoms with Gasteiger partial charge in [-0.3, -0.25) is 4.79 Å². The average Bonchev–Trinajstić information content (AvgIpc) is 2.54. The molecule has 0 unspecified atom stereocenters. The standard InChI is InChI=1S/C16H15F3N2O3/c1-21(15(22)13-4-3-9-20-14(13)23-2)10-11-5-7-12(8-6-11)24-16(17,18)19/h3-9H,10H2,1-2H3. The molecule has 128 valence electrons. The number of rotatable bonds is 5. The first kappa shape index (κ1) is 17.6. The summed E-state index contributed by atoms with van der Waals surface area (Å²) < 4.78 is 45.2. The maximum absolute atomic E-state index is 12.4. The first-order valence-electron chi connectivity index (χ1n) is 6.89. The molecule has 2 aromatic rings. The third-order valence-corrected chi connectivity index (χ3v) is 3.12. The van der Waals surface area contributed by atoms with Crippen LogP contribution in [-0.4, -0.2) is 36.3 Å². The zero-order valence-corrected chi connectivity index (χ0v) is 13.0. The van der Waals surface area contributed by atoms with E-state index in [0.29, 0.717) is 11.1 Å². The highest BCUT2D eigenvalue weighted by Crippen LogP contribution is 2.23. The van der Waals surface area contributed by atoms with Crippen molar-refractivity contribution in [2.75, 3.05) is 14.2 Å². The fourth-order valence-electron chi connectivity index (χ4n) is 2.06. The number of amides is 1. The smallest absolute Gasteiger partial charge is 0.480 e. The molecular formula is C16H15F3N2O3. The molecule has 0 saturated carbocycles. The minimum absolute atomic E-state index is 0.211. The molecule has 24 heavy (non-hydrogen) atoms. The normalized spacial score (nSPS) is 11.0. The van der Waals surface area contributed by atoms with Crippen LogP contribution in [0.1, 0.15) is 15.9 Å². The van der Waals surface area contributed by atoms with Crippen LogP contribution >= 0.6 is 0 Å². The molecule has 1 aromatic heterocycles. The van der Waals surface area contributed by atoms with Gasteiger partial charge in [0.15, 0.2) is 0 Å². The second-order valence-corrected chi connectivity index (χ2v) is 4.91. The van der Waals surface area contributed by atoms with E-state index in [0.717, 1.165) is 0 Å². The second kappa shape index (κ2) is 7.20. The van der Waals surface area contributed by atoms with Gasteiger partial charge in [0.2, 0.25) is 5.88 Å². The summed E-state index contributed by atoms with van der Waals surface area (Å²) in [5.74, 6) is -0.409. The van der Waals surface area contributed by atoms with Crippen LogP contribution in [-0.2, 0) is 6.54 Å². The Kier molecular flexibility index (Phi) is 5.28. The molecule has 5 nitrogen and oxygen atoms in total. The van der Waals surface area contributed by atoms with E-state index in [2.05, 4.69) is 9.72 Å². The lowest BCUT2D eigenvalue weighted by Gasteiger charge is -2.18. The minimum Gasteiger partial charge on any atom is -0.480 e. The molecule has 0 aliphatic heterocycles. The van der Waals surface area contributed by atoms with Crippen molar-refractivity contribution in [1.29, 1.82) is 0 Å². The highest BCUT2D eigenvalue weighted by atomic mass is 19.4. The Morgan fingerprint density at radius 2 is 1.88 bits per heavy atom. The molecule has 8 heteroatoms. The van der Waals surface area contributed by atoms with Gasteiger partial charge in [0, 0.05) is 19.8 Å². The van der Waals surface area contributed by atoms with Crippen LogP contribution in [0.3, 0.4) is 0 Å². The first-order valence-corrected chi connectivity index (χ1v) is 6.89. The van der Waals surface area contributed by atoms with Gasteiger partial charge in [0.1, 0.15) is 11.3 Å². The van der Waals surface area contributed by atoms with Crippen molar-refractivity contribution in [3.63, 3.8) is 0 Å². The Hall–Kier alpha value is -2.77. The minimum atomic E-state index is -4.73. The van der Waals surface area contributed by atoms with Gasteiger partial charge in [0.25, 0.3) is 5.91 Å². The molecule has 1 aromatic carbocycles. The van der Waals surface area contributed by atoms with Crippen LogP contribution in [0.15, 0.2) is 42.6 Å². The summed E-state index contributed by atoms with van der Waals surface area (Å²) in [7, 11) is 2.99. The van der Waals surface area contributed by atoms with Crippen LogP contribution in [0, 0.1) is 0 Å². The van der Waals surface area contributed by atoms with Crippen LogP contribution in [0.25, 0.3) is 0 Å². The van der Waals surface area contributed by atoms with Gasteiger partial charge >= 0.3 is 6.36 Å². The average molecular weight is 340 g/mol. The number of hydrogen-bond donors (Lipinski definition) is 0. The second-order valence-electron chi connectivity index (χ2n) is 4.91. The summed E-state index contributed by atoms with van der Waals surface area (Å²) in [6.45, 7) is 0.211. The zero-order valence-electron chi connectivity index (χ0n) is 13.0. The molecule has 1 amide bonds. The van der Waals surface area contributed by atoms with Crippen molar-refractivity contribution in [3.8, 4) is 11.6 Å². The summed E-state index contributed by atoms with van der Waals surface area (Å²) in [4.78, 5) is 17.8. The van der Waals surface area contributed by atoms with Crippen LogP contribution in [0.4, 0.5) is 13.2 Å². The summed E-state index contributed by atoms with van der Waals surface area (Å²) >= 11 is 0. The highest BCUT2D eigenvalue weighted by molar-refractivity contribution is 5.96. The van der Waals surface area contributed by atoms with Gasteiger partial charge in [-0.1, -0.05) is 12.1 Å². The van der Waals surface area contributed by atoms with Crippen molar-refractivity contribution < 1.29 is 27.4 Å². The number of hydrogen-bond acceptors (Lipinski definition) is 4. The lowest BCUT2D eigenvalue weighted by molar-refractivity contribution is -0.274. The Morgan fingerprint density at radius 3 is 2.46 bits per heavy atom. The Balaban J connectivity index is 2.06. The van der Waals surface area contributed by atoms with Crippen molar-refractivity contribution >= 4 is 5.91 Å². The molecule has 0 aliphatic carbocycles. The van der Waals surface area contributed by atoms with E-state index >= 15 is 0 Å². The van der Waals surface area contributed by atoms with Crippen LogP contribution in [0.2, 0.25) is 0 Å². The van der Waals surface area contributed by atoms with Gasteiger partial charge in [-0.25, -0.2) is 4.98 Å². The Bertz CT molecular complexity index is 702. The number of nitrogens with zero attached hydrogens (tertiary/aromatic N) is 2. The van der Waals surface area contributed by atoms with E-state index in [4.69, 9.17) is 4.74 Å². The molecule has 0 aliphatic rings. The maximum atomic E-state index is 12.4. The van der Waals surface area contributed by atoms with Crippen molar-refractivity contribution in [2.24, 2.45) is 0 Å². The molecule has 1 heterocycles. The molecular weight excluding hydrogens is 325 g/mol. The summed E-state index contributed by atoms with van der Waals surface area (Å²) in [5.41, 5.74) is 0.961. The molecule has 0 spiro atoms. The van der Waals surface area contributed by atoms with E-state index in [1.807, 2.05) is 0 Å². The molecule has 0 saturated heterocycles. The predicted octanol–water partition coefficient (Wildman–Crippen LogP) is 3.26. The summed E-state index contributed by atoms with van der Waals surface area (Å²) in [5, 5.41) is 0. The van der Waals surface area contributed by atoms with Gasteiger partial charge in [-0.2, -0.15) is 0 Å². The first-order chi connectivity index (χ1) is 11.3. The number of alkyl halides is 3. The molecule has 0 fully saturated rings. The third-order valence-electron chi connectivity index (χ3n) is 3.12. The fraction of sp³-hybridized carbons (Fsp3) is 0.250. The fourth-order valence-corrected chi connectivity index (χ4v) is 2.06. The van der Waals surface area contributed by atoms with Gasteiger partial charge < -0.3 is 14.4 Å². The van der Waals surface area contributed by atoms with Crippen molar-refractivity contribution in [1.82, 2.24) is 9.88 Å². The van der Waals surface area contributed by atoms with Gasteiger partial charge in [-0.15, -0.1) is 13.2 Å². The number of carbonyl (C=O) groups excluding carboxylic acids is 1. The van der Waals surface area contributed by atoms with E-state index in [1.165, 1.54) is 42.5 Å². The van der Waals surface area contributed by atoms with Crippen LogP contribution < -0.4 is 9.47 Å². The molecule has 0 atom stereocenters. The number of methoxy groups -OCH3 is 1. The van der Waals surface area contributed by atoms with E-state index in [9.17, 15) is 18.0 Å². The highest BCUT2D eigenvalue weighted by Gasteiger charge is 2.31. The number of ether oxygens (including phenoxy) is 2. The summed E-state index contributed by atoms with van der Waals surface area (Å²) in [6, 6.07) is 8.53. The number of carbonyl (C=O) groups is 1. The van der Waals surface area contributed by atoms with Crippen molar-refractivity contribution in [2.45, 2.75) is 12.9 Å². The lowest BCUT2D eigenvalue weighted by Crippen LogP contribution is -2.26. The molecule has 0 bridgehead atoms. The van der Waals surface area contributed by atoms with Gasteiger partial charge in [-0.05, 0) is 29.8 Å². The molecule has 0 N–H and O–H groups in total. The topological polar surface area (TPSA) is 51.7 Å². The number of aromatic nitrogens is 1. The number of halogens is 3.